The number of fused-ring (bicyclic) bond motifs is 1. The zero-order chi connectivity index (χ0) is 11.7. The van der Waals surface area contributed by atoms with Gasteiger partial charge in [-0.25, -0.2) is 0 Å². The van der Waals surface area contributed by atoms with Gasteiger partial charge in [-0.2, -0.15) is 0 Å². The van der Waals surface area contributed by atoms with Gasteiger partial charge in [0.2, 0.25) is 0 Å². The summed E-state index contributed by atoms with van der Waals surface area (Å²) >= 11 is 0. The molecule has 0 atom stereocenters. The van der Waals surface area contributed by atoms with E-state index in [-0.39, 0.29) is 0 Å². The van der Waals surface area contributed by atoms with Crippen LogP contribution in [0.3, 0.4) is 0 Å². The molecule has 0 saturated carbocycles. The Labute approximate surface area is 101 Å². The van der Waals surface area contributed by atoms with E-state index in [9.17, 15) is 5.11 Å². The molecular formula is C15H15NO. The van der Waals surface area contributed by atoms with E-state index in [0.717, 1.165) is 30.6 Å². The van der Waals surface area contributed by atoms with Crippen molar-refractivity contribution < 1.29 is 5.11 Å². The molecule has 2 N–H and O–H groups in total. The molecule has 1 aliphatic rings. The van der Waals surface area contributed by atoms with Crippen molar-refractivity contribution in [1.29, 1.82) is 0 Å². The number of hydrogen-bond acceptors (Lipinski definition) is 2. The predicted octanol–water partition coefficient (Wildman–Crippen LogP) is 2.70. The molecule has 0 aliphatic carbocycles. The Morgan fingerprint density at radius 3 is 2.76 bits per heavy atom. The van der Waals surface area contributed by atoms with Crippen molar-refractivity contribution >= 4 is 0 Å². The van der Waals surface area contributed by atoms with Crippen LogP contribution in [0, 0.1) is 0 Å². The van der Waals surface area contributed by atoms with E-state index in [0.29, 0.717) is 5.75 Å². The van der Waals surface area contributed by atoms with Gasteiger partial charge in [0.25, 0.3) is 0 Å². The first-order chi connectivity index (χ1) is 8.34. The maximum absolute atomic E-state index is 9.86. The van der Waals surface area contributed by atoms with Crippen molar-refractivity contribution in [2.45, 2.75) is 13.0 Å². The molecule has 2 aromatic carbocycles. The summed E-state index contributed by atoms with van der Waals surface area (Å²) in [6.45, 7) is 1.99. The quantitative estimate of drug-likeness (QED) is 0.782. The Morgan fingerprint density at radius 2 is 1.88 bits per heavy atom. The van der Waals surface area contributed by atoms with E-state index in [1.54, 1.807) is 6.07 Å². The van der Waals surface area contributed by atoms with E-state index in [1.807, 2.05) is 18.2 Å². The second kappa shape index (κ2) is 4.22. The van der Waals surface area contributed by atoms with Gasteiger partial charge in [0, 0.05) is 12.1 Å². The largest absolute Gasteiger partial charge is 0.507 e. The molecule has 0 radical (unpaired) electrons. The van der Waals surface area contributed by atoms with Crippen LogP contribution < -0.4 is 5.32 Å². The first kappa shape index (κ1) is 10.4. The van der Waals surface area contributed by atoms with Gasteiger partial charge in [-0.1, -0.05) is 36.4 Å². The van der Waals surface area contributed by atoms with E-state index in [1.165, 1.54) is 11.1 Å². The van der Waals surface area contributed by atoms with Gasteiger partial charge in [-0.3, -0.25) is 0 Å². The average Bonchev–Trinajstić information content (AvgIpc) is 2.39. The lowest BCUT2D eigenvalue weighted by Gasteiger charge is -2.18. The molecule has 0 amide bonds. The van der Waals surface area contributed by atoms with Crippen molar-refractivity contribution in [3.8, 4) is 16.9 Å². The van der Waals surface area contributed by atoms with Crippen LogP contribution in [0.1, 0.15) is 11.1 Å². The van der Waals surface area contributed by atoms with Gasteiger partial charge in [-0.05, 0) is 35.7 Å². The van der Waals surface area contributed by atoms with Crippen molar-refractivity contribution in [2.75, 3.05) is 6.54 Å². The van der Waals surface area contributed by atoms with Crippen LogP contribution in [0.25, 0.3) is 11.1 Å². The average molecular weight is 225 g/mol. The third-order valence-corrected chi connectivity index (χ3v) is 3.31. The van der Waals surface area contributed by atoms with Gasteiger partial charge in [0.1, 0.15) is 5.75 Å². The summed E-state index contributed by atoms with van der Waals surface area (Å²) in [7, 11) is 0. The lowest BCUT2D eigenvalue weighted by Crippen LogP contribution is -2.23. The van der Waals surface area contributed by atoms with E-state index >= 15 is 0 Å². The fraction of sp³-hybridized carbons (Fsp3) is 0.200. The maximum atomic E-state index is 9.86. The summed E-state index contributed by atoms with van der Waals surface area (Å²) in [4.78, 5) is 0. The van der Waals surface area contributed by atoms with Crippen molar-refractivity contribution in [2.24, 2.45) is 0 Å². The van der Waals surface area contributed by atoms with Gasteiger partial charge >= 0.3 is 0 Å². The lowest BCUT2D eigenvalue weighted by atomic mass is 9.95. The molecule has 3 rings (SSSR count). The second-order valence-corrected chi connectivity index (χ2v) is 4.43. The number of phenols is 1. The van der Waals surface area contributed by atoms with Crippen molar-refractivity contribution in [3.05, 3.63) is 53.6 Å². The predicted molar refractivity (Wildman–Crippen MR) is 69.0 cm³/mol. The zero-order valence-corrected chi connectivity index (χ0v) is 9.61. The molecule has 2 nitrogen and oxygen atoms in total. The van der Waals surface area contributed by atoms with Crippen LogP contribution in [0.15, 0.2) is 42.5 Å². The third-order valence-electron chi connectivity index (χ3n) is 3.31. The Balaban J connectivity index is 2.07. The van der Waals surface area contributed by atoms with Gasteiger partial charge in [0.15, 0.2) is 0 Å². The van der Waals surface area contributed by atoms with Crippen LogP contribution in [-0.4, -0.2) is 11.7 Å². The minimum absolute atomic E-state index is 0.349. The highest BCUT2D eigenvalue weighted by atomic mass is 16.3. The maximum Gasteiger partial charge on any atom is 0.123 e. The summed E-state index contributed by atoms with van der Waals surface area (Å²) in [5, 5.41) is 13.2. The molecule has 0 fully saturated rings. The monoisotopic (exact) mass is 225 g/mol. The topological polar surface area (TPSA) is 32.3 Å². The van der Waals surface area contributed by atoms with Gasteiger partial charge in [-0.15, -0.1) is 0 Å². The highest BCUT2D eigenvalue weighted by Crippen LogP contribution is 2.30. The molecular weight excluding hydrogens is 210 g/mol. The fourth-order valence-electron chi connectivity index (χ4n) is 2.36. The van der Waals surface area contributed by atoms with Crippen LogP contribution in [-0.2, 0) is 13.0 Å². The van der Waals surface area contributed by atoms with E-state index in [4.69, 9.17) is 0 Å². The molecule has 0 aromatic heterocycles. The molecule has 2 aromatic rings. The second-order valence-electron chi connectivity index (χ2n) is 4.43. The van der Waals surface area contributed by atoms with Gasteiger partial charge in [0.05, 0.1) is 0 Å². The molecule has 2 heteroatoms. The molecule has 0 bridgehead atoms. The van der Waals surface area contributed by atoms with Crippen molar-refractivity contribution in [3.63, 3.8) is 0 Å². The minimum Gasteiger partial charge on any atom is -0.507 e. The number of nitrogens with one attached hydrogen (secondary N) is 1. The number of aromatic hydroxyl groups is 1. The SMILES string of the molecule is Oc1ccccc1-c1ccc2c(c1)CCNC2. The van der Waals surface area contributed by atoms with Gasteiger partial charge < -0.3 is 10.4 Å². The van der Waals surface area contributed by atoms with E-state index < -0.39 is 0 Å². The smallest absolute Gasteiger partial charge is 0.123 e. The Hall–Kier alpha value is -1.80. The first-order valence-corrected chi connectivity index (χ1v) is 5.95. The molecule has 0 saturated heterocycles. The highest BCUT2D eigenvalue weighted by molar-refractivity contribution is 5.71. The number of phenolic OH excluding ortho intramolecular Hbond substituents is 1. The Kier molecular flexibility index (Phi) is 2.57. The Bertz CT molecular complexity index is 548. The normalized spacial score (nSPS) is 14.4. The summed E-state index contributed by atoms with van der Waals surface area (Å²) < 4.78 is 0. The summed E-state index contributed by atoms with van der Waals surface area (Å²) in [6.07, 6.45) is 1.07. The number of rotatable bonds is 1. The summed E-state index contributed by atoms with van der Waals surface area (Å²) in [5.74, 6) is 0.349. The lowest BCUT2D eigenvalue weighted by molar-refractivity contribution is 0.477. The van der Waals surface area contributed by atoms with Crippen LogP contribution in [0.2, 0.25) is 0 Å². The van der Waals surface area contributed by atoms with Crippen molar-refractivity contribution in [1.82, 2.24) is 5.32 Å². The van der Waals surface area contributed by atoms with Crippen LogP contribution in [0.5, 0.6) is 5.75 Å². The summed E-state index contributed by atoms with van der Waals surface area (Å²) in [6, 6.07) is 13.9. The Morgan fingerprint density at radius 1 is 1.00 bits per heavy atom. The molecule has 1 heterocycles. The van der Waals surface area contributed by atoms with Crippen LogP contribution in [0.4, 0.5) is 0 Å². The van der Waals surface area contributed by atoms with E-state index in [2.05, 4.69) is 23.5 Å². The fourth-order valence-corrected chi connectivity index (χ4v) is 2.36. The first-order valence-electron chi connectivity index (χ1n) is 5.95. The molecule has 0 spiro atoms. The minimum atomic E-state index is 0.349. The number of para-hydroxylation sites is 1. The third kappa shape index (κ3) is 1.92. The van der Waals surface area contributed by atoms with Crippen LogP contribution >= 0.6 is 0 Å². The summed E-state index contributed by atoms with van der Waals surface area (Å²) in [5.41, 5.74) is 4.78. The highest BCUT2D eigenvalue weighted by Gasteiger charge is 2.10. The standard InChI is InChI=1S/C15H15NO/c17-15-4-2-1-3-14(15)12-5-6-13-10-16-8-7-11(13)9-12/h1-6,9,16-17H,7-8,10H2. The molecule has 17 heavy (non-hydrogen) atoms. The molecule has 1 aliphatic heterocycles. The number of benzene rings is 2. The number of hydrogen-bond donors (Lipinski definition) is 2. The molecule has 86 valence electrons. The zero-order valence-electron chi connectivity index (χ0n) is 9.61. The molecule has 0 unspecified atom stereocenters.